The minimum Gasteiger partial charge on any atom is -0.394 e. The van der Waals surface area contributed by atoms with Crippen molar-refractivity contribution in [2.45, 2.75) is 24.5 Å². The molecule has 1 aliphatic heterocycles. The number of rotatable bonds is 4. The van der Waals surface area contributed by atoms with Gasteiger partial charge < -0.3 is 25.8 Å². The van der Waals surface area contributed by atoms with Crippen molar-refractivity contribution >= 4 is 22.7 Å². The van der Waals surface area contributed by atoms with E-state index in [0.29, 0.717) is 5.56 Å². The van der Waals surface area contributed by atoms with Gasteiger partial charge in [0.05, 0.1) is 17.9 Å². The van der Waals surface area contributed by atoms with Gasteiger partial charge in [-0.1, -0.05) is 0 Å². The Bertz CT molecular complexity index is 1040. The van der Waals surface area contributed by atoms with E-state index in [0.717, 1.165) is 0 Å². The number of nitro groups is 1. The zero-order chi connectivity index (χ0) is 20.0. The molecule has 0 bridgehead atoms. The number of anilines is 1. The highest BCUT2D eigenvalue weighted by Crippen LogP contribution is 2.32. The fourth-order valence-electron chi connectivity index (χ4n) is 3.10. The highest BCUT2D eigenvalue weighted by atomic mass is 16.6. The minimum absolute atomic E-state index is 0.0730. The Kier molecular flexibility index (Phi) is 4.39. The van der Waals surface area contributed by atoms with Crippen LogP contribution < -0.4 is 5.73 Å². The van der Waals surface area contributed by atoms with Crippen molar-refractivity contribution < 1.29 is 25.0 Å². The first-order valence-electron chi connectivity index (χ1n) is 8.28. The van der Waals surface area contributed by atoms with E-state index in [1.165, 1.54) is 35.2 Å². The van der Waals surface area contributed by atoms with E-state index >= 15 is 0 Å². The number of nitrogen functional groups attached to an aromatic ring is 1. The molecular weight excluding hydrogens is 372 g/mol. The van der Waals surface area contributed by atoms with Gasteiger partial charge >= 0.3 is 0 Å². The van der Waals surface area contributed by atoms with Crippen LogP contribution >= 0.6 is 0 Å². The zero-order valence-electron chi connectivity index (χ0n) is 14.3. The molecule has 2 aromatic heterocycles. The predicted octanol–water partition coefficient (Wildman–Crippen LogP) is -0.405. The molecule has 1 aromatic carbocycles. The molecule has 28 heavy (non-hydrogen) atoms. The lowest BCUT2D eigenvalue weighted by Gasteiger charge is -2.16. The number of ether oxygens (including phenoxy) is 1. The summed E-state index contributed by atoms with van der Waals surface area (Å²) >= 11 is 0. The monoisotopic (exact) mass is 388 g/mol. The number of aliphatic hydroxyl groups excluding tert-OH is 3. The van der Waals surface area contributed by atoms with E-state index in [2.05, 4.69) is 15.0 Å². The van der Waals surface area contributed by atoms with E-state index in [1.807, 2.05) is 0 Å². The van der Waals surface area contributed by atoms with Crippen molar-refractivity contribution in [3.05, 3.63) is 40.7 Å². The number of aromatic nitrogens is 4. The van der Waals surface area contributed by atoms with Crippen molar-refractivity contribution in [3.63, 3.8) is 0 Å². The number of benzene rings is 1. The molecular formula is C16H16N6O6. The summed E-state index contributed by atoms with van der Waals surface area (Å²) in [4.78, 5) is 23.0. The van der Waals surface area contributed by atoms with E-state index in [9.17, 15) is 25.4 Å². The fraction of sp³-hybridized carbons (Fsp3) is 0.312. The number of nitrogens with zero attached hydrogens (tertiary/aromatic N) is 5. The fourth-order valence-corrected chi connectivity index (χ4v) is 3.10. The number of fused-ring (bicyclic) bond motifs is 1. The molecule has 0 radical (unpaired) electrons. The van der Waals surface area contributed by atoms with E-state index in [4.69, 9.17) is 10.5 Å². The molecule has 4 rings (SSSR count). The molecule has 12 heteroatoms. The number of aliphatic hydroxyl groups is 3. The zero-order valence-corrected chi connectivity index (χ0v) is 14.3. The van der Waals surface area contributed by atoms with Crippen molar-refractivity contribution in [3.8, 4) is 11.4 Å². The standard InChI is InChI=1S/C16H16N6O6/c17-13-10-15(20-14(19-13)7-1-3-8(4-2-7)22(26)27)21(6-18-10)16-12(25)11(24)9(5-23)28-16/h1-4,6,9,11-12,16,23-25H,5H2,(H2,17,19,20). The maximum absolute atomic E-state index is 10.8. The van der Waals surface area contributed by atoms with E-state index in [1.54, 1.807) is 0 Å². The van der Waals surface area contributed by atoms with Gasteiger partial charge in [-0.2, -0.15) is 0 Å². The molecule has 3 heterocycles. The third-order valence-electron chi connectivity index (χ3n) is 4.58. The van der Waals surface area contributed by atoms with Crippen molar-refractivity contribution in [2.24, 2.45) is 0 Å². The van der Waals surface area contributed by atoms with Gasteiger partial charge in [-0.05, 0) is 12.1 Å². The second-order valence-corrected chi connectivity index (χ2v) is 6.29. The number of hydrogen-bond acceptors (Lipinski definition) is 10. The Morgan fingerprint density at radius 1 is 1.21 bits per heavy atom. The van der Waals surface area contributed by atoms with Gasteiger partial charge in [0.25, 0.3) is 5.69 Å². The predicted molar refractivity (Wildman–Crippen MR) is 94.8 cm³/mol. The second kappa shape index (κ2) is 6.76. The molecule has 5 N–H and O–H groups in total. The summed E-state index contributed by atoms with van der Waals surface area (Å²) in [5.74, 6) is 0.275. The third kappa shape index (κ3) is 2.84. The lowest BCUT2D eigenvalue weighted by molar-refractivity contribution is -0.384. The average Bonchev–Trinajstić information content (AvgIpc) is 3.23. The maximum Gasteiger partial charge on any atom is 0.269 e. The normalized spacial score (nSPS) is 24.7. The first kappa shape index (κ1) is 18.2. The van der Waals surface area contributed by atoms with Crippen LogP contribution in [-0.2, 0) is 4.74 Å². The Morgan fingerprint density at radius 3 is 2.54 bits per heavy atom. The number of non-ortho nitro benzene ring substituents is 1. The van der Waals surface area contributed by atoms with E-state index < -0.39 is 36.1 Å². The van der Waals surface area contributed by atoms with Crippen LogP contribution in [0, 0.1) is 10.1 Å². The number of nitrogens with two attached hydrogens (primary N) is 1. The number of nitro benzene ring substituents is 1. The summed E-state index contributed by atoms with van der Waals surface area (Å²) < 4.78 is 6.91. The first-order valence-corrected chi connectivity index (χ1v) is 8.28. The van der Waals surface area contributed by atoms with Crippen LogP contribution in [0.25, 0.3) is 22.6 Å². The van der Waals surface area contributed by atoms with Gasteiger partial charge in [0, 0.05) is 17.7 Å². The summed E-state index contributed by atoms with van der Waals surface area (Å²) in [5.41, 5.74) is 6.90. The van der Waals surface area contributed by atoms with Crippen molar-refractivity contribution in [2.75, 3.05) is 12.3 Å². The van der Waals surface area contributed by atoms with Crippen LogP contribution in [0.2, 0.25) is 0 Å². The highest BCUT2D eigenvalue weighted by Gasteiger charge is 2.44. The van der Waals surface area contributed by atoms with Crippen LogP contribution in [0.3, 0.4) is 0 Å². The topological polar surface area (TPSA) is 183 Å². The Labute approximate surface area is 157 Å². The maximum atomic E-state index is 10.8. The summed E-state index contributed by atoms with van der Waals surface area (Å²) in [6.45, 7) is -0.466. The van der Waals surface area contributed by atoms with Crippen LogP contribution in [0.15, 0.2) is 30.6 Å². The first-order chi connectivity index (χ1) is 13.4. The van der Waals surface area contributed by atoms with Gasteiger partial charge in [-0.25, -0.2) is 15.0 Å². The molecule has 12 nitrogen and oxygen atoms in total. The molecule has 4 unspecified atom stereocenters. The van der Waals surface area contributed by atoms with Crippen molar-refractivity contribution in [1.82, 2.24) is 19.5 Å². The summed E-state index contributed by atoms with van der Waals surface area (Å²) in [5, 5.41) is 40.3. The molecule has 0 saturated carbocycles. The molecule has 0 amide bonds. The third-order valence-corrected chi connectivity index (χ3v) is 4.58. The molecule has 1 fully saturated rings. The van der Waals surface area contributed by atoms with Crippen LogP contribution in [0.1, 0.15) is 6.23 Å². The smallest absolute Gasteiger partial charge is 0.269 e. The van der Waals surface area contributed by atoms with Gasteiger partial charge in [-0.15, -0.1) is 0 Å². The Morgan fingerprint density at radius 2 is 1.93 bits per heavy atom. The lowest BCUT2D eigenvalue weighted by Crippen LogP contribution is -2.33. The Hall–Kier alpha value is -3.19. The van der Waals surface area contributed by atoms with Crippen LogP contribution in [0.5, 0.6) is 0 Å². The van der Waals surface area contributed by atoms with Gasteiger partial charge in [0.2, 0.25) is 0 Å². The lowest BCUT2D eigenvalue weighted by atomic mass is 10.1. The van der Waals surface area contributed by atoms with Crippen LogP contribution in [0.4, 0.5) is 11.5 Å². The van der Waals surface area contributed by atoms with Crippen LogP contribution in [-0.4, -0.2) is 64.7 Å². The molecule has 1 aliphatic rings. The molecule has 4 atom stereocenters. The molecule has 3 aromatic rings. The minimum atomic E-state index is -1.31. The SMILES string of the molecule is Nc1nc(-c2ccc([N+](=O)[O-])cc2)nc2c1ncn2C1OC(CO)C(O)C1O. The van der Waals surface area contributed by atoms with Gasteiger partial charge in [0.1, 0.15) is 23.8 Å². The number of imidazole rings is 1. The second-order valence-electron chi connectivity index (χ2n) is 6.29. The molecule has 146 valence electrons. The summed E-state index contributed by atoms with van der Waals surface area (Å²) in [7, 11) is 0. The number of hydrogen-bond donors (Lipinski definition) is 4. The quantitative estimate of drug-likeness (QED) is 0.339. The molecule has 0 spiro atoms. The Balaban J connectivity index is 1.78. The van der Waals surface area contributed by atoms with Gasteiger partial charge in [-0.3, -0.25) is 14.7 Å². The van der Waals surface area contributed by atoms with Crippen molar-refractivity contribution in [1.29, 1.82) is 0 Å². The summed E-state index contributed by atoms with van der Waals surface area (Å²) in [6, 6.07) is 5.63. The molecule has 0 aliphatic carbocycles. The largest absolute Gasteiger partial charge is 0.394 e. The highest BCUT2D eigenvalue weighted by molar-refractivity contribution is 5.84. The molecule has 1 saturated heterocycles. The van der Waals surface area contributed by atoms with Gasteiger partial charge in [0.15, 0.2) is 23.5 Å². The average molecular weight is 388 g/mol. The van der Waals surface area contributed by atoms with E-state index in [-0.39, 0.29) is 28.5 Å². The summed E-state index contributed by atoms with van der Waals surface area (Å²) in [6.07, 6.45) is -3.23.